The average Bonchev–Trinajstić information content (AvgIpc) is 3.71. The Labute approximate surface area is 189 Å². The highest BCUT2D eigenvalue weighted by Gasteiger charge is 2.42. The topological polar surface area (TPSA) is 64.0 Å². The van der Waals surface area contributed by atoms with Crippen LogP contribution in [-0.4, -0.2) is 27.3 Å². The summed E-state index contributed by atoms with van der Waals surface area (Å²) in [6.07, 6.45) is 6.61. The lowest BCUT2D eigenvalue weighted by atomic mass is 10.1. The van der Waals surface area contributed by atoms with Crippen LogP contribution < -0.4 is 10.9 Å². The first kappa shape index (κ1) is 20.5. The first-order valence-electron chi connectivity index (χ1n) is 10.8. The second kappa shape index (κ2) is 8.63. The molecule has 0 radical (unpaired) electrons. The van der Waals surface area contributed by atoms with E-state index in [1.807, 2.05) is 36.4 Å². The van der Waals surface area contributed by atoms with Crippen LogP contribution >= 0.6 is 23.1 Å². The van der Waals surface area contributed by atoms with Crippen LogP contribution in [0.5, 0.6) is 0 Å². The van der Waals surface area contributed by atoms with Gasteiger partial charge in [0.1, 0.15) is 4.70 Å². The minimum atomic E-state index is -0.0752. The van der Waals surface area contributed by atoms with Crippen molar-refractivity contribution in [2.24, 2.45) is 11.8 Å². The largest absolute Gasteiger partial charge is 0.352 e. The molecule has 2 heterocycles. The standard InChI is InChI=1S/C24H25N3O2S2/c1-2-12-27-23(29)22-18(13-19(31-22)15-6-4-3-5-7-15)25-24(27)30-14-20(28)26-21(16-8-9-16)17-10-11-17/h2-7,13,16-17,21H,1,8-12,14H2,(H,26,28). The molecule has 0 atom stereocenters. The van der Waals surface area contributed by atoms with Gasteiger partial charge in [0, 0.05) is 17.5 Å². The summed E-state index contributed by atoms with van der Waals surface area (Å²) in [5, 5.41) is 3.82. The van der Waals surface area contributed by atoms with Crippen LogP contribution in [0.25, 0.3) is 20.7 Å². The second-order valence-electron chi connectivity index (χ2n) is 8.35. The van der Waals surface area contributed by atoms with Crippen molar-refractivity contribution in [1.29, 1.82) is 0 Å². The molecule has 160 valence electrons. The summed E-state index contributed by atoms with van der Waals surface area (Å²) in [5.41, 5.74) is 1.68. The molecule has 0 saturated heterocycles. The van der Waals surface area contributed by atoms with Crippen LogP contribution in [0.15, 0.2) is 59.0 Å². The molecule has 2 aliphatic rings. The molecule has 5 nitrogen and oxygen atoms in total. The number of rotatable bonds is 9. The van der Waals surface area contributed by atoms with Gasteiger partial charge < -0.3 is 5.32 Å². The van der Waals surface area contributed by atoms with Crippen molar-refractivity contribution < 1.29 is 4.79 Å². The number of thiophene rings is 1. The van der Waals surface area contributed by atoms with E-state index in [1.165, 1.54) is 48.8 Å². The van der Waals surface area contributed by atoms with Gasteiger partial charge in [0.2, 0.25) is 5.91 Å². The van der Waals surface area contributed by atoms with Gasteiger partial charge in [0.25, 0.3) is 5.56 Å². The number of amides is 1. The number of fused-ring (bicyclic) bond motifs is 1. The smallest absolute Gasteiger partial charge is 0.272 e. The van der Waals surface area contributed by atoms with E-state index in [0.29, 0.717) is 39.8 Å². The number of hydrogen-bond acceptors (Lipinski definition) is 5. The van der Waals surface area contributed by atoms with Crippen LogP contribution in [0.1, 0.15) is 25.7 Å². The van der Waals surface area contributed by atoms with Crippen molar-refractivity contribution in [2.75, 3.05) is 5.75 Å². The molecule has 1 N–H and O–H groups in total. The Balaban J connectivity index is 1.39. The summed E-state index contributed by atoms with van der Waals surface area (Å²) in [6.45, 7) is 4.16. The van der Waals surface area contributed by atoms with E-state index < -0.39 is 0 Å². The number of carbonyl (C=O) groups excluding carboxylic acids is 1. The van der Waals surface area contributed by atoms with Gasteiger partial charge in [-0.05, 0) is 49.1 Å². The van der Waals surface area contributed by atoms with Gasteiger partial charge in [0.15, 0.2) is 5.16 Å². The van der Waals surface area contributed by atoms with Crippen LogP contribution in [0.3, 0.4) is 0 Å². The number of aromatic nitrogens is 2. The SMILES string of the molecule is C=CCn1c(SCC(=O)NC(C2CC2)C2CC2)nc2cc(-c3ccccc3)sc2c1=O. The van der Waals surface area contributed by atoms with E-state index in [9.17, 15) is 9.59 Å². The van der Waals surface area contributed by atoms with Crippen LogP contribution in [0, 0.1) is 11.8 Å². The molecule has 0 spiro atoms. The molecule has 2 aromatic heterocycles. The zero-order valence-electron chi connectivity index (χ0n) is 17.3. The van der Waals surface area contributed by atoms with E-state index in [1.54, 1.807) is 10.6 Å². The summed E-state index contributed by atoms with van der Waals surface area (Å²) in [4.78, 5) is 31.6. The Morgan fingerprint density at radius 1 is 1.26 bits per heavy atom. The molecule has 0 bridgehead atoms. The lowest BCUT2D eigenvalue weighted by molar-refractivity contribution is -0.119. The van der Waals surface area contributed by atoms with Crippen molar-refractivity contribution >= 4 is 39.2 Å². The fraction of sp³-hybridized carbons (Fsp3) is 0.375. The maximum absolute atomic E-state index is 13.2. The quantitative estimate of drug-likeness (QED) is 0.291. The van der Waals surface area contributed by atoms with Gasteiger partial charge >= 0.3 is 0 Å². The van der Waals surface area contributed by atoms with Crippen molar-refractivity contribution in [3.63, 3.8) is 0 Å². The highest BCUT2D eigenvalue weighted by molar-refractivity contribution is 7.99. The van der Waals surface area contributed by atoms with E-state index >= 15 is 0 Å². The van der Waals surface area contributed by atoms with Gasteiger partial charge in [-0.15, -0.1) is 17.9 Å². The molecular weight excluding hydrogens is 426 g/mol. The van der Waals surface area contributed by atoms with Crippen molar-refractivity contribution in [2.45, 2.75) is 43.4 Å². The maximum Gasteiger partial charge on any atom is 0.272 e. The Morgan fingerprint density at radius 2 is 1.97 bits per heavy atom. The summed E-state index contributed by atoms with van der Waals surface area (Å²) < 4.78 is 2.26. The van der Waals surface area contributed by atoms with Crippen LogP contribution in [0.4, 0.5) is 0 Å². The molecule has 3 aromatic rings. The molecular formula is C24H25N3O2S2. The van der Waals surface area contributed by atoms with E-state index in [2.05, 4.69) is 11.9 Å². The number of nitrogens with zero attached hydrogens (tertiary/aromatic N) is 2. The summed E-state index contributed by atoms with van der Waals surface area (Å²) in [6, 6.07) is 12.3. The van der Waals surface area contributed by atoms with E-state index in [4.69, 9.17) is 4.98 Å². The fourth-order valence-corrected chi connectivity index (χ4v) is 5.90. The lowest BCUT2D eigenvalue weighted by Gasteiger charge is -2.17. The Hall–Kier alpha value is -2.38. The number of nitrogens with one attached hydrogen (secondary N) is 1. The Morgan fingerprint density at radius 3 is 2.61 bits per heavy atom. The normalized spacial score (nSPS) is 16.0. The third-order valence-corrected chi connectivity index (χ3v) is 8.03. The van der Waals surface area contributed by atoms with Crippen LogP contribution in [-0.2, 0) is 11.3 Å². The zero-order valence-corrected chi connectivity index (χ0v) is 18.9. The van der Waals surface area contributed by atoms with Crippen molar-refractivity contribution in [3.8, 4) is 10.4 Å². The van der Waals surface area contributed by atoms with Crippen molar-refractivity contribution in [3.05, 3.63) is 59.4 Å². The molecule has 2 saturated carbocycles. The summed E-state index contributed by atoms with van der Waals surface area (Å²) in [7, 11) is 0. The maximum atomic E-state index is 13.2. The fourth-order valence-electron chi connectivity index (χ4n) is 4.02. The predicted molar refractivity (Wildman–Crippen MR) is 128 cm³/mol. The lowest BCUT2D eigenvalue weighted by Crippen LogP contribution is -2.39. The van der Waals surface area contributed by atoms with Crippen molar-refractivity contribution in [1.82, 2.24) is 14.9 Å². The second-order valence-corrected chi connectivity index (χ2v) is 10.3. The van der Waals surface area contributed by atoms with E-state index in [0.717, 1.165) is 10.4 Å². The predicted octanol–water partition coefficient (Wildman–Crippen LogP) is 4.71. The van der Waals surface area contributed by atoms with Gasteiger partial charge in [-0.25, -0.2) is 4.98 Å². The zero-order chi connectivity index (χ0) is 21.4. The van der Waals surface area contributed by atoms with Gasteiger partial charge in [-0.3, -0.25) is 14.2 Å². The minimum Gasteiger partial charge on any atom is -0.352 e. The third kappa shape index (κ3) is 4.48. The first-order chi connectivity index (χ1) is 15.1. The molecule has 2 aliphatic carbocycles. The van der Waals surface area contributed by atoms with E-state index in [-0.39, 0.29) is 17.2 Å². The van der Waals surface area contributed by atoms with Gasteiger partial charge in [-0.2, -0.15) is 0 Å². The number of allylic oxidation sites excluding steroid dienone is 1. The molecule has 2 fully saturated rings. The molecule has 5 rings (SSSR count). The average molecular weight is 452 g/mol. The molecule has 1 aromatic carbocycles. The first-order valence-corrected chi connectivity index (χ1v) is 12.6. The number of hydrogen-bond donors (Lipinski definition) is 1. The molecule has 0 aliphatic heterocycles. The minimum absolute atomic E-state index is 0.0311. The third-order valence-electron chi connectivity index (χ3n) is 5.89. The summed E-state index contributed by atoms with van der Waals surface area (Å²) in [5.74, 6) is 1.62. The number of thioether (sulfide) groups is 1. The molecule has 7 heteroatoms. The number of benzene rings is 1. The van der Waals surface area contributed by atoms with Gasteiger partial charge in [0.05, 0.1) is 11.3 Å². The van der Waals surface area contributed by atoms with Crippen LogP contribution in [0.2, 0.25) is 0 Å². The summed E-state index contributed by atoms with van der Waals surface area (Å²) >= 11 is 2.79. The molecule has 31 heavy (non-hydrogen) atoms. The number of carbonyl (C=O) groups is 1. The monoisotopic (exact) mass is 451 g/mol. The highest BCUT2D eigenvalue weighted by Crippen LogP contribution is 2.44. The molecule has 1 amide bonds. The van der Waals surface area contributed by atoms with Gasteiger partial charge in [-0.1, -0.05) is 48.2 Å². The molecule has 0 unspecified atom stereocenters. The highest BCUT2D eigenvalue weighted by atomic mass is 32.2. The Bertz CT molecular complexity index is 1160. The Kier molecular flexibility index (Phi) is 5.71.